The molecule has 0 aliphatic carbocycles. The Balaban J connectivity index is 1.85. The van der Waals surface area contributed by atoms with Crippen LogP contribution in [-0.4, -0.2) is 55.6 Å². The Kier molecular flexibility index (Phi) is 7.57. The number of piperazine rings is 1. The minimum absolute atomic E-state index is 0.0617. The van der Waals surface area contributed by atoms with Crippen molar-refractivity contribution in [2.75, 3.05) is 18.0 Å². The van der Waals surface area contributed by atoms with Crippen molar-refractivity contribution in [3.05, 3.63) is 88.5 Å². The number of carbonyl (C=O) groups is 1. The second kappa shape index (κ2) is 11.0. The average molecular weight is 574 g/mol. The first-order chi connectivity index (χ1) is 19.9. The minimum Gasteiger partial charge on any atom is -0.507 e. The van der Waals surface area contributed by atoms with Gasteiger partial charge in [-0.1, -0.05) is 26.5 Å². The molecular weight excluding hydrogens is 540 g/mol. The number of halogens is 2. The summed E-state index contributed by atoms with van der Waals surface area (Å²) in [5, 5.41) is 10.8. The van der Waals surface area contributed by atoms with Crippen LogP contribution in [0.15, 0.2) is 60.0 Å². The first-order valence-corrected chi connectivity index (χ1v) is 13.8. The van der Waals surface area contributed by atoms with Crippen LogP contribution >= 0.6 is 0 Å². The molecule has 1 amide bonds. The molecule has 4 heterocycles. The zero-order valence-electron chi connectivity index (χ0n) is 24.2. The van der Waals surface area contributed by atoms with Crippen LogP contribution in [0, 0.1) is 18.6 Å². The molecular formula is C32H33F2N5O3. The second-order valence-electron chi connectivity index (χ2n) is 11.1. The summed E-state index contributed by atoms with van der Waals surface area (Å²) in [6, 6.07) is 7.69. The molecule has 1 fully saturated rings. The smallest absolute Gasteiger partial charge is 0.258 e. The zero-order valence-corrected chi connectivity index (χ0v) is 24.2. The molecule has 0 spiro atoms. The Morgan fingerprint density at radius 1 is 1.12 bits per heavy atom. The summed E-state index contributed by atoms with van der Waals surface area (Å²) in [6.07, 6.45) is 2.94. The standard InChI is InChI=1S/C32H33F2N5O3/c1-7-26(41)38-16-19(5)37(15-20(38)6)24-14-27(42)39(31-18(4)11-12-35-29(31)17(2)3)32-21(24)13-23(34)30(36-32)28-22(33)9-8-10-25(28)40/h7-14,17,19-20,40H,1,15-16H2,2-6H3/t19-,20+/m0/s1. The highest BCUT2D eigenvalue weighted by Gasteiger charge is 2.33. The molecule has 42 heavy (non-hydrogen) atoms. The van der Waals surface area contributed by atoms with E-state index in [0.717, 1.165) is 11.6 Å². The van der Waals surface area contributed by atoms with Crippen LogP contribution in [0.4, 0.5) is 14.5 Å². The predicted molar refractivity (Wildman–Crippen MR) is 159 cm³/mol. The molecule has 5 rings (SSSR count). The maximum Gasteiger partial charge on any atom is 0.258 e. The topological polar surface area (TPSA) is 91.6 Å². The van der Waals surface area contributed by atoms with Gasteiger partial charge in [0.05, 0.1) is 22.6 Å². The molecule has 10 heteroatoms. The highest BCUT2D eigenvalue weighted by molar-refractivity contribution is 5.93. The lowest BCUT2D eigenvalue weighted by atomic mass is 10.0. The van der Waals surface area contributed by atoms with Crippen molar-refractivity contribution >= 4 is 22.6 Å². The predicted octanol–water partition coefficient (Wildman–Crippen LogP) is 5.47. The van der Waals surface area contributed by atoms with Gasteiger partial charge in [-0.05, 0) is 62.6 Å². The molecule has 3 aromatic heterocycles. The number of phenolic OH excluding ortho intramolecular Hbond substituents is 1. The van der Waals surface area contributed by atoms with Crippen molar-refractivity contribution in [1.82, 2.24) is 19.4 Å². The van der Waals surface area contributed by atoms with Gasteiger partial charge in [0.2, 0.25) is 5.91 Å². The number of rotatable bonds is 5. The molecule has 1 N–H and O–H groups in total. The fourth-order valence-electron chi connectivity index (χ4n) is 5.75. The Hall–Kier alpha value is -4.60. The largest absolute Gasteiger partial charge is 0.507 e. The SMILES string of the molecule is C=CC(=O)N1C[C@H](C)N(c2cc(=O)n(-c3c(C)ccnc3C(C)C)c3nc(-c4c(O)cccc4F)c(F)cc23)C[C@H]1C. The number of anilines is 1. The molecule has 0 bridgehead atoms. The van der Waals surface area contributed by atoms with Crippen LogP contribution in [0.2, 0.25) is 0 Å². The van der Waals surface area contributed by atoms with Gasteiger partial charge in [-0.15, -0.1) is 0 Å². The Bertz CT molecular complexity index is 1760. The van der Waals surface area contributed by atoms with Gasteiger partial charge in [0.15, 0.2) is 5.82 Å². The van der Waals surface area contributed by atoms with Crippen LogP contribution in [0.25, 0.3) is 28.0 Å². The summed E-state index contributed by atoms with van der Waals surface area (Å²) in [5.41, 5.74) is 1.21. The normalized spacial score (nSPS) is 17.2. The lowest BCUT2D eigenvalue weighted by Crippen LogP contribution is -2.58. The monoisotopic (exact) mass is 573 g/mol. The van der Waals surface area contributed by atoms with E-state index in [1.807, 2.05) is 39.5 Å². The average Bonchev–Trinajstić information content (AvgIpc) is 2.94. The summed E-state index contributed by atoms with van der Waals surface area (Å²) in [5.74, 6) is -2.44. The van der Waals surface area contributed by atoms with Crippen LogP contribution in [-0.2, 0) is 4.79 Å². The summed E-state index contributed by atoms with van der Waals surface area (Å²) in [4.78, 5) is 39.3. The number of phenols is 1. The molecule has 4 aromatic rings. The molecule has 0 radical (unpaired) electrons. The van der Waals surface area contributed by atoms with E-state index in [0.29, 0.717) is 35.5 Å². The quantitative estimate of drug-likeness (QED) is 0.318. The number of aromatic nitrogens is 3. The lowest BCUT2D eigenvalue weighted by Gasteiger charge is -2.45. The number of benzene rings is 1. The number of hydrogen-bond donors (Lipinski definition) is 1. The van der Waals surface area contributed by atoms with Gasteiger partial charge >= 0.3 is 0 Å². The number of amides is 1. The van der Waals surface area contributed by atoms with E-state index < -0.39 is 34.2 Å². The van der Waals surface area contributed by atoms with E-state index in [4.69, 9.17) is 0 Å². The van der Waals surface area contributed by atoms with Crippen molar-refractivity contribution < 1.29 is 18.7 Å². The maximum absolute atomic E-state index is 15.9. The van der Waals surface area contributed by atoms with Crippen LogP contribution < -0.4 is 10.5 Å². The van der Waals surface area contributed by atoms with Gasteiger partial charge in [-0.3, -0.25) is 19.1 Å². The van der Waals surface area contributed by atoms with Gasteiger partial charge in [0.25, 0.3) is 5.56 Å². The molecule has 1 saturated heterocycles. The van der Waals surface area contributed by atoms with Crippen molar-refractivity contribution in [3.63, 3.8) is 0 Å². The molecule has 8 nitrogen and oxygen atoms in total. The second-order valence-corrected chi connectivity index (χ2v) is 11.1. The van der Waals surface area contributed by atoms with E-state index in [-0.39, 0.29) is 29.6 Å². The molecule has 1 aliphatic rings. The Morgan fingerprint density at radius 3 is 2.52 bits per heavy atom. The van der Waals surface area contributed by atoms with Crippen molar-refractivity contribution in [1.29, 1.82) is 0 Å². The van der Waals surface area contributed by atoms with Gasteiger partial charge in [0, 0.05) is 42.8 Å². The van der Waals surface area contributed by atoms with Crippen LogP contribution in [0.5, 0.6) is 5.75 Å². The van der Waals surface area contributed by atoms with E-state index >= 15 is 4.39 Å². The molecule has 218 valence electrons. The highest BCUT2D eigenvalue weighted by Crippen LogP contribution is 2.37. The fraction of sp³-hybridized carbons (Fsp3) is 0.312. The molecule has 0 saturated carbocycles. The molecule has 0 unspecified atom stereocenters. The van der Waals surface area contributed by atoms with Crippen LogP contribution in [0.3, 0.4) is 0 Å². The fourth-order valence-corrected chi connectivity index (χ4v) is 5.75. The number of pyridine rings is 3. The molecule has 2 atom stereocenters. The zero-order chi connectivity index (χ0) is 30.5. The number of aryl methyl sites for hydroxylation is 1. The summed E-state index contributed by atoms with van der Waals surface area (Å²) in [6.45, 7) is 13.9. The highest BCUT2D eigenvalue weighted by atomic mass is 19.1. The van der Waals surface area contributed by atoms with Gasteiger partial charge in [-0.25, -0.2) is 13.8 Å². The Labute approximate surface area is 242 Å². The maximum atomic E-state index is 15.9. The molecule has 1 aromatic carbocycles. The van der Waals surface area contributed by atoms with Crippen molar-refractivity contribution in [2.45, 2.75) is 52.6 Å². The molecule has 1 aliphatic heterocycles. The lowest BCUT2D eigenvalue weighted by molar-refractivity contribution is -0.128. The van der Waals surface area contributed by atoms with E-state index in [1.54, 1.807) is 17.2 Å². The summed E-state index contributed by atoms with van der Waals surface area (Å²) in [7, 11) is 0. The van der Waals surface area contributed by atoms with E-state index in [1.165, 1.54) is 34.9 Å². The van der Waals surface area contributed by atoms with Gasteiger partial charge in [-0.2, -0.15) is 0 Å². The van der Waals surface area contributed by atoms with E-state index in [9.17, 15) is 19.1 Å². The number of nitrogens with zero attached hydrogens (tertiary/aromatic N) is 5. The minimum atomic E-state index is -0.859. The third kappa shape index (κ3) is 4.80. The number of aromatic hydroxyl groups is 1. The van der Waals surface area contributed by atoms with Gasteiger partial charge < -0.3 is 14.9 Å². The van der Waals surface area contributed by atoms with E-state index in [2.05, 4.69) is 16.5 Å². The number of fused-ring (bicyclic) bond motifs is 1. The van der Waals surface area contributed by atoms with Crippen molar-refractivity contribution in [2.24, 2.45) is 0 Å². The first kappa shape index (κ1) is 28.9. The number of carbonyl (C=O) groups excluding carboxylic acids is 1. The summed E-state index contributed by atoms with van der Waals surface area (Å²) >= 11 is 0. The van der Waals surface area contributed by atoms with Crippen LogP contribution in [0.1, 0.15) is 44.9 Å². The third-order valence-corrected chi connectivity index (χ3v) is 7.83. The van der Waals surface area contributed by atoms with Crippen molar-refractivity contribution in [3.8, 4) is 22.7 Å². The van der Waals surface area contributed by atoms with Gasteiger partial charge in [0.1, 0.15) is 22.9 Å². The Morgan fingerprint density at radius 2 is 1.86 bits per heavy atom. The third-order valence-electron chi connectivity index (χ3n) is 7.83. The first-order valence-electron chi connectivity index (χ1n) is 13.8. The summed E-state index contributed by atoms with van der Waals surface area (Å²) < 4.78 is 32.2. The number of hydrogen-bond acceptors (Lipinski definition) is 6.